The lowest BCUT2D eigenvalue weighted by atomic mass is 9.60. The highest BCUT2D eigenvalue weighted by Gasteiger charge is 2.55. The van der Waals surface area contributed by atoms with Crippen LogP contribution in [0.15, 0.2) is 0 Å². The van der Waals surface area contributed by atoms with Gasteiger partial charge in [0.15, 0.2) is 0 Å². The predicted octanol–water partition coefficient (Wildman–Crippen LogP) is 4.26. The van der Waals surface area contributed by atoms with Crippen LogP contribution in [0.2, 0.25) is 0 Å². The minimum Gasteiger partial charge on any atom is -0.373 e. The second kappa shape index (κ2) is 5.55. The molecule has 0 aliphatic heterocycles. The third-order valence-corrected chi connectivity index (χ3v) is 5.86. The molecule has 3 rings (SSSR count). The fourth-order valence-electron chi connectivity index (χ4n) is 4.35. The molecule has 0 amide bonds. The summed E-state index contributed by atoms with van der Waals surface area (Å²) in [5.41, 5.74) is -0.0560. The van der Waals surface area contributed by atoms with Gasteiger partial charge in [-0.1, -0.05) is 32.6 Å². The maximum atomic E-state index is 12.2. The molecule has 3 aliphatic rings. The summed E-state index contributed by atoms with van der Waals surface area (Å²) >= 11 is 0. The quantitative estimate of drug-likeness (QED) is 0.744. The molecule has 3 aliphatic carbocycles. The summed E-state index contributed by atoms with van der Waals surface area (Å²) < 4.78 is 6.37. The smallest absolute Gasteiger partial charge is 0.144 e. The number of hydrogen-bond acceptors (Lipinski definition) is 2. The Kier molecular flexibility index (Phi) is 3.98. The van der Waals surface area contributed by atoms with Gasteiger partial charge in [0.25, 0.3) is 0 Å². The average molecular weight is 264 g/mol. The number of ether oxygens (including phenoxy) is 1. The van der Waals surface area contributed by atoms with Gasteiger partial charge in [0, 0.05) is 6.42 Å². The van der Waals surface area contributed by atoms with E-state index >= 15 is 0 Å². The first kappa shape index (κ1) is 13.6. The number of Topliss-reactive ketones (excluding diaryl/α,β-unsaturated/α-hetero) is 1. The van der Waals surface area contributed by atoms with Gasteiger partial charge in [-0.15, -0.1) is 0 Å². The highest BCUT2D eigenvalue weighted by molar-refractivity contribution is 5.92. The minimum atomic E-state index is -0.0560. The molecule has 1 spiro atoms. The van der Waals surface area contributed by atoms with Crippen molar-refractivity contribution in [2.24, 2.45) is 11.3 Å². The van der Waals surface area contributed by atoms with Crippen molar-refractivity contribution in [1.29, 1.82) is 0 Å². The predicted molar refractivity (Wildman–Crippen MR) is 76.1 cm³/mol. The SMILES string of the molecule is CC1CCC(OC2CC(=O)C23CCCCCC3)CC1. The molecule has 0 saturated heterocycles. The normalized spacial score (nSPS) is 38.8. The molecular formula is C17H28O2. The number of ketones is 1. The summed E-state index contributed by atoms with van der Waals surface area (Å²) in [6, 6.07) is 0. The summed E-state index contributed by atoms with van der Waals surface area (Å²) in [6.45, 7) is 2.34. The highest BCUT2D eigenvalue weighted by atomic mass is 16.5. The fourth-order valence-corrected chi connectivity index (χ4v) is 4.35. The topological polar surface area (TPSA) is 26.3 Å². The summed E-state index contributed by atoms with van der Waals surface area (Å²) in [5, 5.41) is 0. The standard InChI is InChI=1S/C17H28O2/c1-13-6-8-14(9-7-13)19-16-12-15(18)17(16)10-4-2-3-5-11-17/h13-14,16H,2-12H2,1H3. The van der Waals surface area contributed by atoms with E-state index in [-0.39, 0.29) is 11.5 Å². The lowest BCUT2D eigenvalue weighted by Crippen LogP contribution is -2.56. The molecule has 19 heavy (non-hydrogen) atoms. The van der Waals surface area contributed by atoms with E-state index in [0.29, 0.717) is 18.3 Å². The zero-order chi connectivity index (χ0) is 13.3. The Bertz CT molecular complexity index is 320. The van der Waals surface area contributed by atoms with Gasteiger partial charge in [-0.05, 0) is 44.4 Å². The van der Waals surface area contributed by atoms with Crippen molar-refractivity contribution in [2.45, 2.75) is 89.8 Å². The van der Waals surface area contributed by atoms with Gasteiger partial charge in [-0.3, -0.25) is 4.79 Å². The molecule has 2 heteroatoms. The largest absolute Gasteiger partial charge is 0.373 e. The zero-order valence-electron chi connectivity index (χ0n) is 12.3. The van der Waals surface area contributed by atoms with E-state index in [4.69, 9.17) is 4.74 Å². The van der Waals surface area contributed by atoms with Crippen LogP contribution in [-0.4, -0.2) is 18.0 Å². The van der Waals surface area contributed by atoms with Crippen molar-refractivity contribution in [3.63, 3.8) is 0 Å². The highest BCUT2D eigenvalue weighted by Crippen LogP contribution is 2.50. The molecule has 0 N–H and O–H groups in total. The number of carbonyl (C=O) groups excluding carboxylic acids is 1. The first-order valence-electron chi connectivity index (χ1n) is 8.39. The van der Waals surface area contributed by atoms with E-state index in [2.05, 4.69) is 6.92 Å². The monoisotopic (exact) mass is 264 g/mol. The number of carbonyl (C=O) groups is 1. The summed E-state index contributed by atoms with van der Waals surface area (Å²) in [4.78, 5) is 12.2. The zero-order valence-corrected chi connectivity index (χ0v) is 12.3. The third kappa shape index (κ3) is 2.61. The Morgan fingerprint density at radius 1 is 1.00 bits per heavy atom. The Morgan fingerprint density at radius 2 is 1.63 bits per heavy atom. The summed E-state index contributed by atoms with van der Waals surface area (Å²) in [6.07, 6.45) is 13.7. The Morgan fingerprint density at radius 3 is 2.21 bits per heavy atom. The molecule has 0 aromatic carbocycles. The minimum absolute atomic E-state index is 0.0560. The van der Waals surface area contributed by atoms with Gasteiger partial charge < -0.3 is 4.74 Å². The Balaban J connectivity index is 1.60. The Labute approximate surface area is 117 Å². The van der Waals surface area contributed by atoms with Crippen LogP contribution < -0.4 is 0 Å². The lowest BCUT2D eigenvalue weighted by molar-refractivity contribution is -0.177. The molecule has 108 valence electrons. The van der Waals surface area contributed by atoms with E-state index in [1.807, 2.05) is 0 Å². The van der Waals surface area contributed by atoms with E-state index in [0.717, 1.165) is 18.8 Å². The molecule has 3 fully saturated rings. The van der Waals surface area contributed by atoms with Crippen molar-refractivity contribution < 1.29 is 9.53 Å². The fraction of sp³-hybridized carbons (Fsp3) is 0.941. The van der Waals surface area contributed by atoms with Crippen LogP contribution in [0.5, 0.6) is 0 Å². The van der Waals surface area contributed by atoms with Gasteiger partial charge >= 0.3 is 0 Å². The molecule has 0 heterocycles. The first-order chi connectivity index (χ1) is 9.21. The van der Waals surface area contributed by atoms with Gasteiger partial charge in [0.05, 0.1) is 17.6 Å². The van der Waals surface area contributed by atoms with Crippen molar-refractivity contribution in [2.75, 3.05) is 0 Å². The van der Waals surface area contributed by atoms with Crippen molar-refractivity contribution >= 4 is 5.78 Å². The molecule has 0 radical (unpaired) electrons. The molecule has 0 aromatic rings. The maximum Gasteiger partial charge on any atom is 0.144 e. The van der Waals surface area contributed by atoms with Crippen LogP contribution >= 0.6 is 0 Å². The lowest BCUT2D eigenvalue weighted by Gasteiger charge is -2.49. The second-order valence-corrected chi connectivity index (χ2v) is 7.20. The molecule has 0 aromatic heterocycles. The summed E-state index contributed by atoms with van der Waals surface area (Å²) in [5.74, 6) is 1.37. The molecular weight excluding hydrogens is 236 g/mol. The molecule has 1 atom stereocenters. The first-order valence-corrected chi connectivity index (χ1v) is 8.39. The van der Waals surface area contributed by atoms with E-state index < -0.39 is 0 Å². The van der Waals surface area contributed by atoms with Crippen LogP contribution in [0, 0.1) is 11.3 Å². The van der Waals surface area contributed by atoms with Crippen LogP contribution in [-0.2, 0) is 9.53 Å². The van der Waals surface area contributed by atoms with Gasteiger partial charge in [-0.2, -0.15) is 0 Å². The van der Waals surface area contributed by atoms with Crippen molar-refractivity contribution in [3.8, 4) is 0 Å². The molecule has 0 bridgehead atoms. The van der Waals surface area contributed by atoms with Crippen molar-refractivity contribution in [3.05, 3.63) is 0 Å². The van der Waals surface area contributed by atoms with Gasteiger partial charge in [-0.25, -0.2) is 0 Å². The van der Waals surface area contributed by atoms with Crippen molar-refractivity contribution in [1.82, 2.24) is 0 Å². The molecule has 1 unspecified atom stereocenters. The van der Waals surface area contributed by atoms with Crippen LogP contribution in [0.25, 0.3) is 0 Å². The third-order valence-electron chi connectivity index (χ3n) is 5.86. The number of hydrogen-bond donors (Lipinski definition) is 0. The van der Waals surface area contributed by atoms with Crippen LogP contribution in [0.3, 0.4) is 0 Å². The van der Waals surface area contributed by atoms with E-state index in [9.17, 15) is 4.79 Å². The molecule has 2 nitrogen and oxygen atoms in total. The molecule has 3 saturated carbocycles. The van der Waals surface area contributed by atoms with E-state index in [1.54, 1.807) is 0 Å². The van der Waals surface area contributed by atoms with Gasteiger partial charge in [0.1, 0.15) is 5.78 Å². The Hall–Kier alpha value is -0.370. The average Bonchev–Trinajstić information content (AvgIpc) is 2.68. The van der Waals surface area contributed by atoms with E-state index in [1.165, 1.54) is 51.4 Å². The second-order valence-electron chi connectivity index (χ2n) is 7.20. The maximum absolute atomic E-state index is 12.2. The number of rotatable bonds is 2. The summed E-state index contributed by atoms with van der Waals surface area (Å²) in [7, 11) is 0. The van der Waals surface area contributed by atoms with Gasteiger partial charge in [0.2, 0.25) is 0 Å². The van der Waals surface area contributed by atoms with Crippen LogP contribution in [0.1, 0.15) is 77.6 Å². The van der Waals surface area contributed by atoms with Crippen LogP contribution in [0.4, 0.5) is 0 Å².